The standard InChI is InChI=1S/C24H32O10/c1-10-7-13(30-11(2)25)18(27)21(4)14(31-12(3)26)9-15-22(5,33-15)17(21)19(28)24-16(8-10)32-20(29)23(24,6)34-24/h8,13-19,27-28H,7,9H2,1-6H3/b10-8+/t13-,14+,15-,16+,17-,18+,19+,21+,22-,23+,24+/m1/s1. The van der Waals surface area contributed by atoms with E-state index in [2.05, 4.69) is 0 Å². The van der Waals surface area contributed by atoms with Crippen molar-refractivity contribution in [3.05, 3.63) is 11.6 Å². The van der Waals surface area contributed by atoms with Gasteiger partial charge in [-0.3, -0.25) is 9.59 Å². The van der Waals surface area contributed by atoms with Crippen LogP contribution in [0.4, 0.5) is 0 Å². The highest BCUT2D eigenvalue weighted by Gasteiger charge is 2.88. The fourth-order valence-corrected chi connectivity index (χ4v) is 7.05. The van der Waals surface area contributed by atoms with Gasteiger partial charge in [0.15, 0.2) is 17.3 Å². The summed E-state index contributed by atoms with van der Waals surface area (Å²) >= 11 is 0. The predicted octanol–water partition coefficient (Wildman–Crippen LogP) is 0.558. The van der Waals surface area contributed by atoms with E-state index in [4.69, 9.17) is 23.7 Å². The van der Waals surface area contributed by atoms with E-state index in [1.165, 1.54) is 13.8 Å². The molecule has 2 aliphatic carbocycles. The zero-order chi connectivity index (χ0) is 25.0. The van der Waals surface area contributed by atoms with Gasteiger partial charge in [-0.1, -0.05) is 12.5 Å². The van der Waals surface area contributed by atoms with E-state index in [0.717, 1.165) is 0 Å². The molecule has 11 atom stereocenters. The van der Waals surface area contributed by atoms with E-state index < -0.39 is 76.6 Å². The molecule has 0 aromatic carbocycles. The highest BCUT2D eigenvalue weighted by atomic mass is 16.7. The molecule has 10 heteroatoms. The van der Waals surface area contributed by atoms with E-state index in [1.807, 2.05) is 6.92 Å². The van der Waals surface area contributed by atoms with Gasteiger partial charge < -0.3 is 33.9 Å². The number of fused-ring (bicyclic) bond motifs is 3. The van der Waals surface area contributed by atoms with Crippen LogP contribution in [-0.4, -0.2) is 81.5 Å². The average molecular weight is 481 g/mol. The number of aliphatic hydroxyl groups excluding tert-OH is 2. The van der Waals surface area contributed by atoms with Gasteiger partial charge in [0.05, 0.1) is 17.8 Å². The van der Waals surface area contributed by atoms with Gasteiger partial charge in [0, 0.05) is 38.0 Å². The molecular weight excluding hydrogens is 448 g/mol. The number of carbonyl (C=O) groups is 3. The summed E-state index contributed by atoms with van der Waals surface area (Å²) in [5.74, 6) is -2.55. The Bertz CT molecular complexity index is 992. The summed E-state index contributed by atoms with van der Waals surface area (Å²) in [6.07, 6.45) is -3.58. The van der Waals surface area contributed by atoms with Crippen LogP contribution in [0.25, 0.3) is 0 Å². The van der Waals surface area contributed by atoms with Gasteiger partial charge in [0.1, 0.15) is 18.3 Å². The quantitative estimate of drug-likeness (QED) is 0.249. The van der Waals surface area contributed by atoms with Crippen molar-refractivity contribution in [1.29, 1.82) is 0 Å². The van der Waals surface area contributed by atoms with Crippen LogP contribution in [0.15, 0.2) is 11.6 Å². The minimum absolute atomic E-state index is 0.147. The predicted molar refractivity (Wildman–Crippen MR) is 113 cm³/mol. The first-order chi connectivity index (χ1) is 15.7. The molecule has 0 unspecified atom stereocenters. The molecule has 0 bridgehead atoms. The highest BCUT2D eigenvalue weighted by molar-refractivity contribution is 5.89. The zero-order valence-electron chi connectivity index (χ0n) is 20.2. The minimum Gasteiger partial charge on any atom is -0.462 e. The molecular formula is C24H32O10. The second-order valence-corrected chi connectivity index (χ2v) is 11.0. The summed E-state index contributed by atoms with van der Waals surface area (Å²) < 4.78 is 28.9. The summed E-state index contributed by atoms with van der Waals surface area (Å²) in [6, 6.07) is 0. The molecule has 3 heterocycles. The molecule has 3 aliphatic heterocycles. The Morgan fingerprint density at radius 1 is 1.09 bits per heavy atom. The zero-order valence-corrected chi connectivity index (χ0v) is 20.2. The molecule has 188 valence electrons. The fourth-order valence-electron chi connectivity index (χ4n) is 7.05. The lowest BCUT2D eigenvalue weighted by Gasteiger charge is -2.53. The molecule has 0 aromatic rings. The van der Waals surface area contributed by atoms with Crippen molar-refractivity contribution >= 4 is 17.9 Å². The van der Waals surface area contributed by atoms with E-state index in [9.17, 15) is 24.6 Å². The highest BCUT2D eigenvalue weighted by Crippen LogP contribution is 2.68. The Morgan fingerprint density at radius 2 is 1.74 bits per heavy atom. The average Bonchev–Trinajstić information content (AvgIpc) is 3.55. The minimum atomic E-state index is -1.39. The summed E-state index contributed by atoms with van der Waals surface area (Å²) in [4.78, 5) is 36.8. The largest absolute Gasteiger partial charge is 0.462 e. The molecule has 0 aromatic heterocycles. The Hall–Kier alpha value is -2.01. The Balaban J connectivity index is 1.71. The van der Waals surface area contributed by atoms with Crippen LogP contribution in [0.2, 0.25) is 0 Å². The lowest BCUT2D eigenvalue weighted by atomic mass is 9.53. The van der Waals surface area contributed by atoms with E-state index >= 15 is 0 Å². The maximum atomic E-state index is 12.7. The summed E-state index contributed by atoms with van der Waals surface area (Å²) in [7, 11) is 0. The van der Waals surface area contributed by atoms with Crippen LogP contribution in [-0.2, 0) is 38.1 Å². The monoisotopic (exact) mass is 480 g/mol. The first kappa shape index (κ1) is 23.7. The third-order valence-corrected chi connectivity index (χ3v) is 8.84. The van der Waals surface area contributed by atoms with E-state index in [0.29, 0.717) is 12.0 Å². The second-order valence-electron chi connectivity index (χ2n) is 11.0. The topological polar surface area (TPSA) is 144 Å². The van der Waals surface area contributed by atoms with Crippen LogP contribution >= 0.6 is 0 Å². The number of rotatable bonds is 2. The van der Waals surface area contributed by atoms with Crippen molar-refractivity contribution in [2.45, 2.75) is 108 Å². The third kappa shape index (κ3) is 2.85. The molecule has 1 saturated carbocycles. The molecule has 0 radical (unpaired) electrons. The lowest BCUT2D eigenvalue weighted by Crippen LogP contribution is -2.67. The van der Waals surface area contributed by atoms with Crippen molar-refractivity contribution in [2.75, 3.05) is 0 Å². The van der Waals surface area contributed by atoms with Crippen molar-refractivity contribution in [2.24, 2.45) is 11.3 Å². The molecule has 10 nitrogen and oxygen atoms in total. The number of hydrogen-bond donors (Lipinski definition) is 2. The number of epoxide rings is 2. The first-order valence-electron chi connectivity index (χ1n) is 11.7. The Kier molecular flexibility index (Phi) is 4.90. The van der Waals surface area contributed by atoms with Gasteiger partial charge in [-0.05, 0) is 26.8 Å². The molecule has 5 rings (SSSR count). The molecule has 5 aliphatic rings. The van der Waals surface area contributed by atoms with Crippen LogP contribution in [0.1, 0.15) is 54.4 Å². The molecule has 2 N–H and O–H groups in total. The summed E-state index contributed by atoms with van der Waals surface area (Å²) in [6.45, 7) is 9.42. The van der Waals surface area contributed by atoms with Crippen molar-refractivity contribution < 1.29 is 48.3 Å². The van der Waals surface area contributed by atoms with Crippen molar-refractivity contribution in [1.82, 2.24) is 0 Å². The molecule has 3 saturated heterocycles. The van der Waals surface area contributed by atoms with Gasteiger partial charge in [-0.2, -0.15) is 0 Å². The third-order valence-electron chi connectivity index (χ3n) is 8.84. The van der Waals surface area contributed by atoms with E-state index in [-0.39, 0.29) is 12.5 Å². The number of carbonyl (C=O) groups excluding carboxylic acids is 3. The summed E-state index contributed by atoms with van der Waals surface area (Å²) in [5, 5.41) is 23.8. The van der Waals surface area contributed by atoms with Crippen LogP contribution in [0, 0.1) is 11.3 Å². The first-order valence-corrected chi connectivity index (χ1v) is 11.7. The molecule has 34 heavy (non-hydrogen) atoms. The smallest absolute Gasteiger partial charge is 0.342 e. The second kappa shape index (κ2) is 7.02. The number of hydrogen-bond acceptors (Lipinski definition) is 10. The van der Waals surface area contributed by atoms with Crippen LogP contribution in [0.3, 0.4) is 0 Å². The Morgan fingerprint density at radius 3 is 2.32 bits per heavy atom. The van der Waals surface area contributed by atoms with Gasteiger partial charge in [0.2, 0.25) is 0 Å². The Labute approximate surface area is 197 Å². The van der Waals surface area contributed by atoms with Crippen molar-refractivity contribution in [3.8, 4) is 0 Å². The number of ether oxygens (including phenoxy) is 5. The lowest BCUT2D eigenvalue weighted by molar-refractivity contribution is -0.214. The normalized spacial score (nSPS) is 54.6. The van der Waals surface area contributed by atoms with E-state index in [1.54, 1.807) is 26.8 Å². The molecule has 0 amide bonds. The molecule has 1 spiro atoms. The maximum absolute atomic E-state index is 12.7. The van der Waals surface area contributed by atoms with Crippen LogP contribution < -0.4 is 0 Å². The molecule has 4 fully saturated rings. The van der Waals surface area contributed by atoms with Gasteiger partial charge in [-0.25, -0.2) is 4.79 Å². The van der Waals surface area contributed by atoms with Crippen LogP contribution in [0.5, 0.6) is 0 Å². The maximum Gasteiger partial charge on any atom is 0.342 e. The van der Waals surface area contributed by atoms with Gasteiger partial charge >= 0.3 is 17.9 Å². The fraction of sp³-hybridized carbons (Fsp3) is 0.792. The van der Waals surface area contributed by atoms with Gasteiger partial charge in [0.25, 0.3) is 0 Å². The van der Waals surface area contributed by atoms with Gasteiger partial charge in [-0.15, -0.1) is 0 Å². The number of aliphatic hydroxyl groups is 2. The summed E-state index contributed by atoms with van der Waals surface area (Å²) in [5.41, 5.74) is -4.26. The number of esters is 3. The SMILES string of the molecule is CC(=O)O[C@H]1C[C@H]2O[C@@]2(C)[C@@H]2[C@H](O)[C@]34O[C@@]3(C)C(=O)O[C@H]4/C=C(\C)C[C@@H](OC(C)=O)[C@H](O)[C@@]12C. The van der Waals surface area contributed by atoms with Crippen molar-refractivity contribution in [3.63, 3.8) is 0 Å².